The maximum absolute atomic E-state index is 13.3. The van der Waals surface area contributed by atoms with Crippen LogP contribution in [0.1, 0.15) is 59.9 Å². The van der Waals surface area contributed by atoms with E-state index >= 15 is 0 Å². The molecule has 8 N–H and O–H groups in total. The first-order valence-corrected chi connectivity index (χ1v) is 16.2. The Morgan fingerprint density at radius 2 is 1.36 bits per heavy atom. The molecule has 1 aromatic carbocycles. The Morgan fingerprint density at radius 1 is 0.766 bits per heavy atom. The predicted molar refractivity (Wildman–Crippen MR) is 174 cm³/mol. The van der Waals surface area contributed by atoms with E-state index in [1.165, 1.54) is 26.0 Å². The van der Waals surface area contributed by atoms with Gasteiger partial charge in [-0.25, -0.2) is 4.79 Å². The quantitative estimate of drug-likeness (QED) is 0.0953. The summed E-state index contributed by atoms with van der Waals surface area (Å²) in [5, 5.41) is 40.4. The molecule has 0 fully saturated rings. The van der Waals surface area contributed by atoms with Gasteiger partial charge in [-0.3, -0.25) is 28.8 Å². The number of thioether (sulfide) groups is 1. The van der Waals surface area contributed by atoms with Crippen molar-refractivity contribution in [1.82, 2.24) is 26.6 Å². The highest BCUT2D eigenvalue weighted by Gasteiger charge is 2.31. The number of carboxylic acid groups (broad SMARTS) is 1. The van der Waals surface area contributed by atoms with E-state index in [9.17, 15) is 48.9 Å². The summed E-state index contributed by atoms with van der Waals surface area (Å²) in [4.78, 5) is 87.1. The highest BCUT2D eigenvalue weighted by molar-refractivity contribution is 8.13. The Morgan fingerprint density at radius 3 is 1.87 bits per heavy atom. The number of aliphatic hydroxyl groups excluding tert-OH is 1. The number of hydrogen-bond acceptors (Lipinski definition) is 10. The smallest absolute Gasteiger partial charge is 0.326 e. The number of rotatable bonds is 19. The largest absolute Gasteiger partial charge is 0.508 e. The summed E-state index contributed by atoms with van der Waals surface area (Å²) in [5.41, 5.74) is 0.580. The fourth-order valence-corrected chi connectivity index (χ4v) is 5.08. The molecule has 0 saturated carbocycles. The van der Waals surface area contributed by atoms with E-state index in [1.807, 2.05) is 13.8 Å². The number of carbonyl (C=O) groups excluding carboxylic acids is 6. The molecule has 0 unspecified atom stereocenters. The van der Waals surface area contributed by atoms with Gasteiger partial charge in [-0.2, -0.15) is 0 Å². The summed E-state index contributed by atoms with van der Waals surface area (Å²) in [6.45, 7) is 8.91. The maximum Gasteiger partial charge on any atom is 0.326 e. The van der Waals surface area contributed by atoms with E-state index in [-0.39, 0.29) is 42.6 Å². The van der Waals surface area contributed by atoms with E-state index in [1.54, 1.807) is 26.0 Å². The minimum atomic E-state index is -1.36. The Kier molecular flexibility index (Phi) is 17.5. The average Bonchev–Trinajstić information content (AvgIpc) is 2.98. The molecule has 0 aliphatic carbocycles. The van der Waals surface area contributed by atoms with Crippen LogP contribution in [0, 0.1) is 11.8 Å². The first-order valence-electron chi connectivity index (χ1n) is 15.2. The number of phenols is 1. The predicted octanol–water partition coefficient (Wildman–Crippen LogP) is -0.173. The molecular formula is C31H47N5O10S. The minimum Gasteiger partial charge on any atom is -0.508 e. The highest BCUT2D eigenvalue weighted by Crippen LogP contribution is 2.13. The molecule has 0 aliphatic heterocycles. The maximum atomic E-state index is 13.3. The van der Waals surface area contributed by atoms with Crippen LogP contribution in [-0.4, -0.2) is 98.5 Å². The Hall–Kier alpha value is -4.18. The number of phenolic OH excluding ortho intramolecular Hbond substituents is 1. The van der Waals surface area contributed by atoms with Gasteiger partial charge in [0.25, 0.3) is 0 Å². The summed E-state index contributed by atoms with van der Waals surface area (Å²) in [6.07, 6.45) is 0.0360. The lowest BCUT2D eigenvalue weighted by Crippen LogP contribution is -2.58. The number of carboxylic acids is 1. The van der Waals surface area contributed by atoms with Gasteiger partial charge in [-0.05, 0) is 42.9 Å². The number of nitrogens with one attached hydrogen (secondary N) is 5. The highest BCUT2D eigenvalue weighted by atomic mass is 32.2. The van der Waals surface area contributed by atoms with Crippen molar-refractivity contribution in [2.24, 2.45) is 11.8 Å². The second-order valence-corrected chi connectivity index (χ2v) is 12.9. The van der Waals surface area contributed by atoms with Crippen LogP contribution in [0.2, 0.25) is 0 Å². The fourth-order valence-electron chi connectivity index (χ4n) is 4.25. The zero-order valence-electron chi connectivity index (χ0n) is 27.5. The van der Waals surface area contributed by atoms with Crippen LogP contribution in [-0.2, 0) is 40.0 Å². The van der Waals surface area contributed by atoms with Crippen molar-refractivity contribution in [3.63, 3.8) is 0 Å². The number of aliphatic hydroxyl groups is 1. The third-order valence-corrected chi connectivity index (χ3v) is 7.74. The molecule has 1 rings (SSSR count). The van der Waals surface area contributed by atoms with E-state index < -0.39 is 77.4 Å². The molecule has 0 aliphatic rings. The molecule has 0 aromatic heterocycles. The molecule has 1 aromatic rings. The summed E-state index contributed by atoms with van der Waals surface area (Å²) in [5.74, 6) is -4.67. The second-order valence-electron chi connectivity index (χ2n) is 11.8. The van der Waals surface area contributed by atoms with E-state index in [0.717, 1.165) is 0 Å². The number of benzene rings is 1. The third-order valence-electron chi connectivity index (χ3n) is 6.77. The first kappa shape index (κ1) is 40.8. The normalized spacial score (nSPS) is 14.2. The lowest BCUT2D eigenvalue weighted by Gasteiger charge is -2.26. The molecular weight excluding hydrogens is 634 g/mol. The van der Waals surface area contributed by atoms with E-state index in [0.29, 0.717) is 17.3 Å². The van der Waals surface area contributed by atoms with Crippen LogP contribution in [0.5, 0.6) is 5.75 Å². The van der Waals surface area contributed by atoms with Crippen LogP contribution in [0.4, 0.5) is 0 Å². The van der Waals surface area contributed by atoms with Crippen molar-refractivity contribution in [2.45, 2.75) is 91.0 Å². The Bertz CT molecular complexity index is 1260. The van der Waals surface area contributed by atoms with Gasteiger partial charge in [0.15, 0.2) is 0 Å². The van der Waals surface area contributed by atoms with Gasteiger partial charge in [0.05, 0.1) is 6.61 Å². The molecule has 0 heterocycles. The average molecular weight is 682 g/mol. The van der Waals surface area contributed by atoms with Gasteiger partial charge in [-0.1, -0.05) is 51.6 Å². The monoisotopic (exact) mass is 681 g/mol. The molecule has 15 nitrogen and oxygen atoms in total. The van der Waals surface area contributed by atoms with Crippen molar-refractivity contribution < 1.29 is 48.9 Å². The molecule has 47 heavy (non-hydrogen) atoms. The number of carbonyl (C=O) groups is 7. The summed E-state index contributed by atoms with van der Waals surface area (Å²) >= 11 is 0.673. The van der Waals surface area contributed by atoms with Gasteiger partial charge < -0.3 is 41.9 Å². The number of aromatic hydroxyl groups is 1. The van der Waals surface area contributed by atoms with Crippen LogP contribution in [0.3, 0.4) is 0 Å². The van der Waals surface area contributed by atoms with Gasteiger partial charge in [0.2, 0.25) is 34.7 Å². The molecule has 16 heteroatoms. The van der Waals surface area contributed by atoms with Crippen molar-refractivity contribution in [1.29, 1.82) is 0 Å². The van der Waals surface area contributed by atoms with Crippen molar-refractivity contribution in [3.05, 3.63) is 29.8 Å². The van der Waals surface area contributed by atoms with Crippen LogP contribution >= 0.6 is 11.8 Å². The summed E-state index contributed by atoms with van der Waals surface area (Å²) in [7, 11) is 0. The Labute approximate surface area is 278 Å². The van der Waals surface area contributed by atoms with Gasteiger partial charge >= 0.3 is 5.97 Å². The molecule has 0 bridgehead atoms. The van der Waals surface area contributed by atoms with Crippen molar-refractivity contribution in [3.8, 4) is 5.75 Å². The van der Waals surface area contributed by atoms with Gasteiger partial charge in [0.1, 0.15) is 36.0 Å². The van der Waals surface area contributed by atoms with Crippen molar-refractivity contribution >= 4 is 52.4 Å². The molecule has 0 spiro atoms. The van der Waals surface area contributed by atoms with E-state index in [4.69, 9.17) is 0 Å². The first-order chi connectivity index (χ1) is 21.9. The standard InChI is InChI=1S/C31H47N5O10S/c1-16(2)13-23(30(44)45)34-25(40)11-12-47-31(46)24(15-37)36-27(41)18(5)32-28(42)22(14-20-7-9-21(39)10-8-20)35-29(43)26(17(3)4)33-19(6)38/h7-10,16-18,22-24,26,37,39H,11-15H2,1-6H3,(H,32,42)(H,33,38)(H,34,40)(H,35,43)(H,36,41)(H,44,45)/t18-,22-,23-,24-,26-/m0/s1. The third kappa shape index (κ3) is 15.3. The second kappa shape index (κ2) is 20.1. The molecule has 0 radical (unpaired) electrons. The molecule has 5 atom stereocenters. The molecule has 262 valence electrons. The number of amides is 5. The van der Waals surface area contributed by atoms with E-state index in [2.05, 4.69) is 26.6 Å². The zero-order valence-corrected chi connectivity index (χ0v) is 28.3. The molecule has 5 amide bonds. The Balaban J connectivity index is 2.86. The molecule has 0 saturated heterocycles. The lowest BCUT2D eigenvalue weighted by atomic mass is 10.0. The zero-order chi connectivity index (χ0) is 35.8. The van der Waals surface area contributed by atoms with Crippen LogP contribution in [0.15, 0.2) is 24.3 Å². The topological polar surface area (TPSA) is 240 Å². The van der Waals surface area contributed by atoms with Crippen molar-refractivity contribution in [2.75, 3.05) is 12.4 Å². The van der Waals surface area contributed by atoms with Gasteiger partial charge in [-0.15, -0.1) is 0 Å². The minimum absolute atomic E-state index is 0.00233. The number of hydrogen-bond donors (Lipinski definition) is 8. The lowest BCUT2D eigenvalue weighted by molar-refractivity contribution is -0.142. The SMILES string of the molecule is CC(=O)N[C@H](C(=O)N[C@@H](Cc1ccc(O)cc1)C(=O)N[C@@H](C)C(=O)N[C@@H](CO)C(=O)SCCC(=O)N[C@@H](CC(C)C)C(=O)O)C(C)C. The summed E-state index contributed by atoms with van der Waals surface area (Å²) in [6, 6.07) is 0.147. The van der Waals surface area contributed by atoms with Gasteiger partial charge in [0, 0.05) is 25.5 Å². The fraction of sp³-hybridized carbons (Fsp3) is 0.581. The number of aliphatic carboxylic acids is 1. The summed E-state index contributed by atoms with van der Waals surface area (Å²) < 4.78 is 0. The van der Waals surface area contributed by atoms with Crippen LogP contribution < -0.4 is 26.6 Å². The van der Waals surface area contributed by atoms with Crippen LogP contribution in [0.25, 0.3) is 0 Å².